The summed E-state index contributed by atoms with van der Waals surface area (Å²) in [5.74, 6) is -7.74. The van der Waals surface area contributed by atoms with Crippen LogP contribution in [0.1, 0.15) is 88.6 Å². The first-order valence-electron chi connectivity index (χ1n) is 20.3. The fourth-order valence-corrected chi connectivity index (χ4v) is 5.91. The molecule has 0 spiro atoms. The number of amides is 8. The van der Waals surface area contributed by atoms with E-state index in [-0.39, 0.29) is 19.4 Å². The molecule has 0 radical (unpaired) electrons. The highest BCUT2D eigenvalue weighted by Gasteiger charge is 2.33. The van der Waals surface area contributed by atoms with E-state index in [1.165, 1.54) is 33.4 Å². The van der Waals surface area contributed by atoms with Gasteiger partial charge in [0.1, 0.15) is 24.2 Å². The van der Waals surface area contributed by atoms with E-state index in [0.717, 1.165) is 30.4 Å². The van der Waals surface area contributed by atoms with Crippen molar-refractivity contribution in [3.63, 3.8) is 0 Å². The first-order chi connectivity index (χ1) is 28.9. The number of hydrogen-bond donors (Lipinski definition) is 10. The van der Waals surface area contributed by atoms with Crippen LogP contribution < -0.4 is 48.7 Å². The van der Waals surface area contributed by atoms with Crippen LogP contribution in [0.15, 0.2) is 48.5 Å². The topological polar surface area (TPSA) is 310 Å². The molecule has 0 bridgehead atoms. The Kier molecular flexibility index (Phi) is 21.8. The molecule has 0 aliphatic rings. The van der Waals surface area contributed by atoms with Gasteiger partial charge in [0.25, 0.3) is 11.8 Å². The number of aliphatic hydroxyl groups excluding tert-OH is 1. The monoisotopic (exact) mass is 851 g/mol. The summed E-state index contributed by atoms with van der Waals surface area (Å²) in [6.07, 6.45) is 1.96. The van der Waals surface area contributed by atoms with Crippen molar-refractivity contribution in [1.82, 2.24) is 37.2 Å². The lowest BCUT2D eigenvalue weighted by atomic mass is 10.0. The van der Waals surface area contributed by atoms with Crippen LogP contribution in [-0.2, 0) is 44.8 Å². The molecule has 334 valence electrons. The van der Waals surface area contributed by atoms with Gasteiger partial charge in [0.05, 0.1) is 18.6 Å². The molecule has 2 unspecified atom stereocenters. The summed E-state index contributed by atoms with van der Waals surface area (Å²) < 4.78 is 0. The first-order valence-corrected chi connectivity index (χ1v) is 20.3. The summed E-state index contributed by atoms with van der Waals surface area (Å²) in [5.41, 5.74) is 14.5. The molecule has 0 saturated carbocycles. The van der Waals surface area contributed by atoms with Gasteiger partial charge in [0.2, 0.25) is 41.2 Å². The Morgan fingerprint density at radius 3 is 1.84 bits per heavy atom. The van der Waals surface area contributed by atoms with E-state index in [1.807, 2.05) is 24.3 Å². The molecule has 12 N–H and O–H groups in total. The summed E-state index contributed by atoms with van der Waals surface area (Å²) in [7, 11) is 1.22. The number of aryl methyl sites for hydroxylation is 1. The fraction of sp³-hybridized carbons (Fsp3) is 0.500. The molecule has 2 rings (SSSR count). The third kappa shape index (κ3) is 17.5. The van der Waals surface area contributed by atoms with Crippen LogP contribution in [0.4, 0.5) is 0 Å². The SMILES string of the molecule is CCCCc1ccc(-c2ccc(C(=O)NCCC(=O)N[C@@H](CCCCN)C(=O)NC(C(=O)N[C@@H](C)C(=O)N[C@@H](CC(N)=O)C(=O)NC(C)C(=O)C(=O)NC)[C@@H](C)O)cc2)cc1. The summed E-state index contributed by atoms with van der Waals surface area (Å²) >= 11 is 0. The number of nitrogens with one attached hydrogen (secondary N) is 7. The van der Waals surface area contributed by atoms with Crippen molar-refractivity contribution in [2.24, 2.45) is 11.5 Å². The van der Waals surface area contributed by atoms with Gasteiger partial charge >= 0.3 is 0 Å². The number of ketones is 1. The quantitative estimate of drug-likeness (QED) is 0.0404. The van der Waals surface area contributed by atoms with E-state index >= 15 is 0 Å². The van der Waals surface area contributed by atoms with Gasteiger partial charge in [0, 0.05) is 25.6 Å². The number of rotatable bonds is 26. The summed E-state index contributed by atoms with van der Waals surface area (Å²) in [5, 5.41) is 27.1. The number of nitrogens with two attached hydrogens (primary N) is 2. The number of carbonyl (C=O) groups is 9. The number of primary amides is 1. The van der Waals surface area contributed by atoms with E-state index in [2.05, 4.69) is 56.3 Å². The average Bonchev–Trinajstić information content (AvgIpc) is 3.23. The Morgan fingerprint density at radius 1 is 0.689 bits per heavy atom. The van der Waals surface area contributed by atoms with Gasteiger partial charge in [-0.2, -0.15) is 0 Å². The van der Waals surface area contributed by atoms with Crippen LogP contribution in [0.3, 0.4) is 0 Å². The van der Waals surface area contributed by atoms with Crippen LogP contribution in [-0.4, -0.2) is 115 Å². The number of carbonyl (C=O) groups excluding carboxylic acids is 9. The maximum absolute atomic E-state index is 13.5. The molecule has 19 nitrogen and oxygen atoms in total. The van der Waals surface area contributed by atoms with Crippen LogP contribution in [0, 0.1) is 0 Å². The van der Waals surface area contributed by atoms with Crippen molar-refractivity contribution >= 4 is 53.0 Å². The van der Waals surface area contributed by atoms with Crippen LogP contribution in [0.2, 0.25) is 0 Å². The van der Waals surface area contributed by atoms with Crippen LogP contribution >= 0.6 is 0 Å². The Bertz CT molecular complexity index is 1840. The maximum atomic E-state index is 13.5. The Hall–Kier alpha value is -6.21. The number of aliphatic hydroxyl groups is 1. The van der Waals surface area contributed by atoms with E-state index in [1.54, 1.807) is 12.1 Å². The second kappa shape index (κ2) is 26.1. The lowest BCUT2D eigenvalue weighted by molar-refractivity contribution is -0.140. The Morgan fingerprint density at radius 2 is 1.28 bits per heavy atom. The minimum Gasteiger partial charge on any atom is -0.391 e. The van der Waals surface area contributed by atoms with E-state index < -0.39 is 95.8 Å². The van der Waals surface area contributed by atoms with Gasteiger partial charge < -0.3 is 53.8 Å². The summed E-state index contributed by atoms with van der Waals surface area (Å²) in [4.78, 5) is 114. The molecule has 2 aromatic rings. The third-order valence-corrected chi connectivity index (χ3v) is 9.55. The van der Waals surface area contributed by atoms with Gasteiger partial charge in [-0.1, -0.05) is 49.7 Å². The first kappa shape index (κ1) is 50.9. The van der Waals surface area contributed by atoms with Gasteiger partial charge in [-0.15, -0.1) is 0 Å². The summed E-state index contributed by atoms with van der Waals surface area (Å²) in [6, 6.07) is 8.27. The molecule has 0 saturated heterocycles. The van der Waals surface area contributed by atoms with Crippen molar-refractivity contribution < 1.29 is 48.3 Å². The minimum absolute atomic E-state index is 0.0451. The number of benzene rings is 2. The standard InChI is InChI=1S/C42H61N9O10/c1-6-7-10-27-12-14-28(15-13-27)29-16-18-30(19-17-29)38(57)46-22-20-34(54)49-31(11-8-9-21-43)39(58)51-35(26(4)52)41(60)48-25(3)37(56)50-32(23-33(44)53)40(59)47-24(2)36(55)42(61)45-5/h12-19,24-26,31-32,35,52H,6-11,20-23,43H2,1-5H3,(H2,44,53)(H,45,61)(H,46,57)(H,47,59)(H,48,60)(H,49,54)(H,50,56)(H,51,58)/t24?,25-,26+,31-,32-,35?/m0/s1. The minimum atomic E-state index is -1.62. The van der Waals surface area contributed by atoms with Crippen LogP contribution in [0.25, 0.3) is 11.1 Å². The largest absolute Gasteiger partial charge is 0.391 e. The number of unbranched alkanes of at least 4 members (excludes halogenated alkanes) is 2. The molecule has 0 fully saturated rings. The highest BCUT2D eigenvalue weighted by Crippen LogP contribution is 2.21. The molecular formula is C42H61N9O10. The predicted molar refractivity (Wildman–Crippen MR) is 226 cm³/mol. The van der Waals surface area contributed by atoms with Crippen molar-refractivity contribution in [3.05, 3.63) is 59.7 Å². The summed E-state index contributed by atoms with van der Waals surface area (Å²) in [6.45, 7) is 6.08. The van der Waals surface area contributed by atoms with Crippen molar-refractivity contribution in [2.45, 2.75) is 115 Å². The molecule has 19 heteroatoms. The zero-order chi connectivity index (χ0) is 45.6. The lowest BCUT2D eigenvalue weighted by Crippen LogP contribution is -2.60. The fourth-order valence-electron chi connectivity index (χ4n) is 5.91. The molecule has 61 heavy (non-hydrogen) atoms. The van der Waals surface area contributed by atoms with Gasteiger partial charge in [-0.25, -0.2) is 0 Å². The molecule has 0 heterocycles. The Labute approximate surface area is 355 Å². The highest BCUT2D eigenvalue weighted by molar-refractivity contribution is 6.38. The van der Waals surface area contributed by atoms with E-state index in [0.29, 0.717) is 24.9 Å². The second-order valence-corrected chi connectivity index (χ2v) is 14.7. The molecule has 8 amide bonds. The molecule has 2 aromatic carbocycles. The van der Waals surface area contributed by atoms with Crippen LogP contribution in [0.5, 0.6) is 0 Å². The molecule has 0 aliphatic heterocycles. The van der Waals surface area contributed by atoms with Gasteiger partial charge in [0.15, 0.2) is 0 Å². The number of likely N-dealkylation sites (N-methyl/N-ethyl adjacent to an activating group) is 1. The van der Waals surface area contributed by atoms with E-state index in [4.69, 9.17) is 11.5 Å². The third-order valence-electron chi connectivity index (χ3n) is 9.55. The highest BCUT2D eigenvalue weighted by atomic mass is 16.3. The van der Waals surface area contributed by atoms with E-state index in [9.17, 15) is 48.3 Å². The van der Waals surface area contributed by atoms with Gasteiger partial charge in [-0.3, -0.25) is 43.2 Å². The maximum Gasteiger partial charge on any atom is 0.289 e. The molecule has 0 aliphatic carbocycles. The number of Topliss-reactive ketones (excluding diaryl/α,β-unsaturated/α-hetero) is 1. The zero-order valence-electron chi connectivity index (χ0n) is 35.4. The van der Waals surface area contributed by atoms with Crippen molar-refractivity contribution in [1.29, 1.82) is 0 Å². The van der Waals surface area contributed by atoms with Gasteiger partial charge in [-0.05, 0) is 88.2 Å². The predicted octanol–water partition coefficient (Wildman–Crippen LogP) is -1.02. The van der Waals surface area contributed by atoms with Crippen molar-refractivity contribution in [2.75, 3.05) is 20.1 Å². The number of hydrogen-bond acceptors (Lipinski definition) is 11. The van der Waals surface area contributed by atoms with Crippen molar-refractivity contribution in [3.8, 4) is 11.1 Å². The molecular weight excluding hydrogens is 791 g/mol. The molecule has 6 atom stereocenters. The zero-order valence-corrected chi connectivity index (χ0v) is 35.4. The smallest absolute Gasteiger partial charge is 0.289 e. The lowest BCUT2D eigenvalue weighted by Gasteiger charge is -2.26. The second-order valence-electron chi connectivity index (χ2n) is 14.7. The molecule has 0 aromatic heterocycles. The normalized spacial score (nSPS) is 13.8. The average molecular weight is 852 g/mol. The Balaban J connectivity index is 2.01.